The highest BCUT2D eigenvalue weighted by atomic mass is 32.1. The molecule has 1 saturated heterocycles. The molecule has 2 aromatic rings. The fourth-order valence-corrected chi connectivity index (χ4v) is 3.56. The second-order valence-corrected chi connectivity index (χ2v) is 7.13. The molecule has 0 unspecified atom stereocenters. The second-order valence-electron chi connectivity index (χ2n) is 6.20. The van der Waals surface area contributed by atoms with Crippen molar-refractivity contribution in [3.63, 3.8) is 0 Å². The highest BCUT2D eigenvalue weighted by molar-refractivity contribution is 7.14. The zero-order valence-corrected chi connectivity index (χ0v) is 15.3. The lowest BCUT2D eigenvalue weighted by molar-refractivity contribution is 0.355. The van der Waals surface area contributed by atoms with Crippen molar-refractivity contribution in [1.29, 1.82) is 0 Å². The van der Waals surface area contributed by atoms with E-state index in [-0.39, 0.29) is 0 Å². The summed E-state index contributed by atoms with van der Waals surface area (Å²) in [6, 6.07) is 6.30. The van der Waals surface area contributed by atoms with Gasteiger partial charge in [-0.15, -0.1) is 11.3 Å². The number of aromatic nitrogens is 1. The van der Waals surface area contributed by atoms with Crippen molar-refractivity contribution < 1.29 is 4.52 Å². The molecule has 1 aliphatic heterocycles. The van der Waals surface area contributed by atoms with Crippen molar-refractivity contribution in [3.8, 4) is 0 Å². The summed E-state index contributed by atoms with van der Waals surface area (Å²) in [7, 11) is 1.83. The first-order valence-corrected chi connectivity index (χ1v) is 9.25. The van der Waals surface area contributed by atoms with E-state index >= 15 is 0 Å². The molecule has 0 amide bonds. The highest BCUT2D eigenvalue weighted by Crippen LogP contribution is 2.22. The minimum Gasteiger partial charge on any atom is -0.360 e. The zero-order chi connectivity index (χ0) is 16.9. The van der Waals surface area contributed by atoms with Crippen LogP contribution in [-0.4, -0.2) is 49.2 Å². The largest absolute Gasteiger partial charge is 0.360 e. The normalized spacial score (nSPS) is 16.1. The number of hydrogen-bond acceptors (Lipinski definition) is 5. The van der Waals surface area contributed by atoms with E-state index in [0.717, 1.165) is 43.6 Å². The van der Waals surface area contributed by atoms with Crippen LogP contribution in [0.2, 0.25) is 0 Å². The van der Waals surface area contributed by atoms with E-state index in [9.17, 15) is 0 Å². The molecule has 1 aliphatic rings. The minimum atomic E-state index is 0.382. The van der Waals surface area contributed by atoms with Gasteiger partial charge in [0.15, 0.2) is 11.7 Å². The molecule has 0 atom stereocenters. The predicted molar refractivity (Wildman–Crippen MR) is 98.9 cm³/mol. The Balaban J connectivity index is 1.51. The lowest BCUT2D eigenvalue weighted by atomic mass is 10.1. The Hall–Kier alpha value is -2.02. The van der Waals surface area contributed by atoms with E-state index in [1.54, 1.807) is 11.3 Å². The standard InChI is InChI=1S/C17H25N5OS/c1-13(2)15-11-14(23-20-15)12-19-17(18-3)22-8-6-21(7-9-22)16-5-4-10-24-16/h4-5,10-11,13H,6-9,12H2,1-3H3,(H,18,19). The lowest BCUT2D eigenvalue weighted by Gasteiger charge is -2.36. The van der Waals surface area contributed by atoms with E-state index in [1.807, 2.05) is 13.1 Å². The Morgan fingerprint density at radius 3 is 2.75 bits per heavy atom. The maximum absolute atomic E-state index is 5.38. The van der Waals surface area contributed by atoms with Crippen LogP contribution in [0.3, 0.4) is 0 Å². The maximum atomic E-state index is 5.38. The molecular weight excluding hydrogens is 322 g/mol. The summed E-state index contributed by atoms with van der Waals surface area (Å²) in [5, 5.41) is 11.0. The Bertz CT molecular complexity index is 656. The molecule has 7 heteroatoms. The molecule has 0 spiro atoms. The van der Waals surface area contributed by atoms with Crippen LogP contribution in [0, 0.1) is 0 Å². The molecule has 2 aromatic heterocycles. The van der Waals surface area contributed by atoms with Gasteiger partial charge in [0.05, 0.1) is 17.2 Å². The first-order valence-electron chi connectivity index (χ1n) is 8.37. The van der Waals surface area contributed by atoms with E-state index < -0.39 is 0 Å². The van der Waals surface area contributed by atoms with Gasteiger partial charge >= 0.3 is 0 Å². The number of aliphatic imine (C=N–C) groups is 1. The van der Waals surface area contributed by atoms with Crippen LogP contribution in [0.15, 0.2) is 33.1 Å². The molecule has 0 aliphatic carbocycles. The Morgan fingerprint density at radius 1 is 1.38 bits per heavy atom. The average molecular weight is 347 g/mol. The Morgan fingerprint density at radius 2 is 2.17 bits per heavy atom. The number of guanidine groups is 1. The van der Waals surface area contributed by atoms with Crippen LogP contribution < -0.4 is 10.2 Å². The third-order valence-electron chi connectivity index (χ3n) is 4.20. The molecule has 6 nitrogen and oxygen atoms in total. The van der Waals surface area contributed by atoms with Gasteiger partial charge in [0, 0.05) is 39.3 Å². The lowest BCUT2D eigenvalue weighted by Crippen LogP contribution is -2.52. The van der Waals surface area contributed by atoms with Crippen molar-refractivity contribution in [2.24, 2.45) is 4.99 Å². The molecule has 0 saturated carbocycles. The van der Waals surface area contributed by atoms with Gasteiger partial charge in [-0.05, 0) is 23.4 Å². The van der Waals surface area contributed by atoms with E-state index in [4.69, 9.17) is 4.52 Å². The second kappa shape index (κ2) is 7.70. The van der Waals surface area contributed by atoms with Crippen LogP contribution >= 0.6 is 11.3 Å². The quantitative estimate of drug-likeness (QED) is 0.681. The van der Waals surface area contributed by atoms with Crippen molar-refractivity contribution in [2.45, 2.75) is 26.3 Å². The van der Waals surface area contributed by atoms with Crippen LogP contribution in [0.4, 0.5) is 5.00 Å². The summed E-state index contributed by atoms with van der Waals surface area (Å²) in [5.41, 5.74) is 0.992. The molecule has 130 valence electrons. The molecule has 0 radical (unpaired) electrons. The van der Waals surface area contributed by atoms with Crippen molar-refractivity contribution >= 4 is 22.3 Å². The molecule has 0 aromatic carbocycles. The molecule has 24 heavy (non-hydrogen) atoms. The van der Waals surface area contributed by atoms with E-state index in [2.05, 4.69) is 56.6 Å². The summed E-state index contributed by atoms with van der Waals surface area (Å²) in [5.74, 6) is 2.15. The fraction of sp³-hybridized carbons (Fsp3) is 0.529. The van der Waals surface area contributed by atoms with Crippen molar-refractivity contribution in [1.82, 2.24) is 15.4 Å². The fourth-order valence-electron chi connectivity index (χ4n) is 2.77. The summed E-state index contributed by atoms with van der Waals surface area (Å²) < 4.78 is 5.38. The minimum absolute atomic E-state index is 0.382. The first-order chi connectivity index (χ1) is 11.7. The van der Waals surface area contributed by atoms with Crippen LogP contribution in [-0.2, 0) is 6.54 Å². The van der Waals surface area contributed by atoms with Gasteiger partial charge < -0.3 is 19.6 Å². The summed E-state index contributed by atoms with van der Waals surface area (Å²) in [6.07, 6.45) is 0. The Labute approximate surface area is 147 Å². The number of nitrogens with one attached hydrogen (secondary N) is 1. The number of rotatable bonds is 4. The SMILES string of the molecule is CN=C(NCc1cc(C(C)C)no1)N1CCN(c2cccs2)CC1. The highest BCUT2D eigenvalue weighted by Gasteiger charge is 2.20. The Kier molecular flexibility index (Phi) is 5.40. The van der Waals surface area contributed by atoms with Crippen LogP contribution in [0.25, 0.3) is 0 Å². The number of nitrogens with zero attached hydrogens (tertiary/aromatic N) is 4. The van der Waals surface area contributed by atoms with Gasteiger partial charge in [0.2, 0.25) is 0 Å². The van der Waals surface area contributed by atoms with E-state index in [0.29, 0.717) is 12.5 Å². The number of anilines is 1. The van der Waals surface area contributed by atoms with Gasteiger partial charge in [-0.2, -0.15) is 0 Å². The van der Waals surface area contributed by atoms with Gasteiger partial charge in [-0.3, -0.25) is 4.99 Å². The summed E-state index contributed by atoms with van der Waals surface area (Å²) >= 11 is 1.80. The first kappa shape index (κ1) is 16.8. The van der Waals surface area contributed by atoms with E-state index in [1.165, 1.54) is 5.00 Å². The topological polar surface area (TPSA) is 56.9 Å². The molecule has 0 bridgehead atoms. The molecule has 1 N–H and O–H groups in total. The van der Waals surface area contributed by atoms with Gasteiger partial charge in [0.25, 0.3) is 0 Å². The number of hydrogen-bond donors (Lipinski definition) is 1. The van der Waals surface area contributed by atoms with Gasteiger partial charge in [-0.1, -0.05) is 19.0 Å². The average Bonchev–Trinajstić information content (AvgIpc) is 3.28. The molecule has 3 rings (SSSR count). The third kappa shape index (κ3) is 3.90. The monoisotopic (exact) mass is 347 g/mol. The maximum Gasteiger partial charge on any atom is 0.194 e. The van der Waals surface area contributed by atoms with Crippen molar-refractivity contribution in [2.75, 3.05) is 38.1 Å². The summed E-state index contributed by atoms with van der Waals surface area (Å²) in [6.45, 7) is 8.79. The molecule has 1 fully saturated rings. The number of piperazine rings is 1. The smallest absolute Gasteiger partial charge is 0.194 e. The van der Waals surface area contributed by atoms with Crippen LogP contribution in [0.5, 0.6) is 0 Å². The molecule has 3 heterocycles. The molecular formula is C17H25N5OS. The number of thiophene rings is 1. The zero-order valence-electron chi connectivity index (χ0n) is 14.5. The van der Waals surface area contributed by atoms with Gasteiger partial charge in [0.1, 0.15) is 0 Å². The predicted octanol–water partition coefficient (Wildman–Crippen LogP) is 2.76. The summed E-state index contributed by atoms with van der Waals surface area (Å²) in [4.78, 5) is 9.14. The van der Waals surface area contributed by atoms with Crippen LogP contribution in [0.1, 0.15) is 31.2 Å². The van der Waals surface area contributed by atoms with Crippen molar-refractivity contribution in [3.05, 3.63) is 35.0 Å². The van der Waals surface area contributed by atoms with Gasteiger partial charge in [-0.25, -0.2) is 0 Å². The third-order valence-corrected chi connectivity index (χ3v) is 5.13.